The molecule has 5 rings (SSSR count). The van der Waals surface area contributed by atoms with Crippen molar-refractivity contribution in [3.05, 3.63) is 36.5 Å². The summed E-state index contributed by atoms with van der Waals surface area (Å²) in [4.78, 5) is 4.51. The fourth-order valence-electron chi connectivity index (χ4n) is 3.50. The predicted octanol–water partition coefficient (Wildman–Crippen LogP) is 3.91. The van der Waals surface area contributed by atoms with Gasteiger partial charge in [0.25, 0.3) is 0 Å². The molecule has 2 fully saturated rings. The van der Waals surface area contributed by atoms with E-state index in [4.69, 9.17) is 5.10 Å². The summed E-state index contributed by atoms with van der Waals surface area (Å²) >= 11 is 0. The standard InChI is InChI=1S/C18H22N6/c1-12(13-5-6-13)24-11-15(10-20-24)21-18-17-9-16(14-3-2-4-14)22-23(17)8-7-19-18/h7-14H,2-6H2,1H3,(H,19,21). The smallest absolute Gasteiger partial charge is 0.156 e. The van der Waals surface area contributed by atoms with Gasteiger partial charge in [0.15, 0.2) is 5.82 Å². The molecule has 3 heterocycles. The zero-order valence-electron chi connectivity index (χ0n) is 13.9. The first-order valence-electron chi connectivity index (χ1n) is 8.93. The molecule has 24 heavy (non-hydrogen) atoms. The van der Waals surface area contributed by atoms with Crippen LogP contribution in [0, 0.1) is 5.92 Å². The molecule has 6 heteroatoms. The number of hydrogen-bond donors (Lipinski definition) is 1. The molecule has 2 aliphatic carbocycles. The number of anilines is 2. The summed E-state index contributed by atoms with van der Waals surface area (Å²) in [5, 5.41) is 12.6. The highest BCUT2D eigenvalue weighted by atomic mass is 15.3. The quantitative estimate of drug-likeness (QED) is 0.774. The Morgan fingerprint density at radius 1 is 1.25 bits per heavy atom. The van der Waals surface area contributed by atoms with Gasteiger partial charge in [-0.15, -0.1) is 0 Å². The average Bonchev–Trinajstić information content (AvgIpc) is 3.12. The molecule has 1 unspecified atom stereocenters. The van der Waals surface area contributed by atoms with E-state index < -0.39 is 0 Å². The lowest BCUT2D eigenvalue weighted by atomic mass is 9.83. The predicted molar refractivity (Wildman–Crippen MR) is 92.5 cm³/mol. The summed E-state index contributed by atoms with van der Waals surface area (Å²) < 4.78 is 4.00. The summed E-state index contributed by atoms with van der Waals surface area (Å²) in [5.41, 5.74) is 3.20. The normalized spacial score (nSPS) is 19.4. The van der Waals surface area contributed by atoms with Gasteiger partial charge in [0.2, 0.25) is 0 Å². The number of rotatable bonds is 5. The minimum absolute atomic E-state index is 0.476. The van der Waals surface area contributed by atoms with Crippen LogP contribution in [0.3, 0.4) is 0 Å². The van der Waals surface area contributed by atoms with Crippen LogP contribution >= 0.6 is 0 Å². The summed E-state index contributed by atoms with van der Waals surface area (Å²) in [5.74, 6) is 2.26. The Bertz CT molecular complexity index is 871. The van der Waals surface area contributed by atoms with Crippen molar-refractivity contribution in [1.29, 1.82) is 0 Å². The highest BCUT2D eigenvalue weighted by Gasteiger charge is 2.29. The van der Waals surface area contributed by atoms with Crippen molar-refractivity contribution < 1.29 is 0 Å². The van der Waals surface area contributed by atoms with Gasteiger partial charge in [-0.1, -0.05) is 6.42 Å². The second kappa shape index (κ2) is 5.33. The van der Waals surface area contributed by atoms with Crippen LogP contribution in [-0.4, -0.2) is 24.4 Å². The molecule has 3 aromatic rings. The highest BCUT2D eigenvalue weighted by Crippen LogP contribution is 2.39. The van der Waals surface area contributed by atoms with E-state index in [0.29, 0.717) is 12.0 Å². The zero-order chi connectivity index (χ0) is 16.1. The minimum Gasteiger partial charge on any atom is -0.336 e. The Balaban J connectivity index is 1.42. The summed E-state index contributed by atoms with van der Waals surface area (Å²) in [7, 11) is 0. The second-order valence-electron chi connectivity index (χ2n) is 7.21. The first-order chi connectivity index (χ1) is 11.8. The molecule has 0 aliphatic heterocycles. The molecule has 0 radical (unpaired) electrons. The van der Waals surface area contributed by atoms with E-state index in [9.17, 15) is 0 Å². The van der Waals surface area contributed by atoms with Crippen LogP contribution in [0.15, 0.2) is 30.9 Å². The molecular weight excluding hydrogens is 300 g/mol. The SMILES string of the molecule is CC(C1CC1)n1cc(Nc2nccn3nc(C4CCC4)cc23)cn1. The summed E-state index contributed by atoms with van der Waals surface area (Å²) in [6, 6.07) is 2.65. The van der Waals surface area contributed by atoms with Gasteiger partial charge in [-0.05, 0) is 44.6 Å². The van der Waals surface area contributed by atoms with Gasteiger partial charge < -0.3 is 5.32 Å². The topological polar surface area (TPSA) is 60.0 Å². The van der Waals surface area contributed by atoms with Crippen LogP contribution in [0.4, 0.5) is 11.5 Å². The molecule has 1 atom stereocenters. The highest BCUT2D eigenvalue weighted by molar-refractivity contribution is 5.73. The van der Waals surface area contributed by atoms with Gasteiger partial charge in [0.05, 0.1) is 23.6 Å². The van der Waals surface area contributed by atoms with E-state index in [0.717, 1.165) is 22.9 Å². The number of fused-ring (bicyclic) bond motifs is 1. The molecule has 3 aromatic heterocycles. The first-order valence-corrected chi connectivity index (χ1v) is 8.93. The molecule has 2 aliphatic rings. The maximum atomic E-state index is 4.72. The van der Waals surface area contributed by atoms with Crippen molar-refractivity contribution in [3.8, 4) is 0 Å². The number of nitrogens with one attached hydrogen (secondary N) is 1. The zero-order valence-corrected chi connectivity index (χ0v) is 13.9. The fourth-order valence-corrected chi connectivity index (χ4v) is 3.50. The van der Waals surface area contributed by atoms with E-state index in [1.165, 1.54) is 37.8 Å². The Labute approximate surface area is 140 Å². The molecular formula is C18H22N6. The fraction of sp³-hybridized carbons (Fsp3) is 0.500. The lowest BCUT2D eigenvalue weighted by Crippen LogP contribution is -2.09. The van der Waals surface area contributed by atoms with Crippen molar-refractivity contribution in [1.82, 2.24) is 24.4 Å². The van der Waals surface area contributed by atoms with Crippen LogP contribution in [0.1, 0.15) is 56.7 Å². The molecule has 2 saturated carbocycles. The van der Waals surface area contributed by atoms with Gasteiger partial charge >= 0.3 is 0 Å². The van der Waals surface area contributed by atoms with E-state index >= 15 is 0 Å². The third kappa shape index (κ3) is 2.37. The monoisotopic (exact) mass is 322 g/mol. The van der Waals surface area contributed by atoms with E-state index in [2.05, 4.69) is 39.3 Å². The van der Waals surface area contributed by atoms with Crippen molar-refractivity contribution in [2.24, 2.45) is 5.92 Å². The van der Waals surface area contributed by atoms with E-state index in [-0.39, 0.29) is 0 Å². The van der Waals surface area contributed by atoms with Crippen LogP contribution < -0.4 is 5.32 Å². The Hall–Kier alpha value is -2.37. The molecule has 0 bridgehead atoms. The largest absolute Gasteiger partial charge is 0.336 e. The van der Waals surface area contributed by atoms with Gasteiger partial charge in [0, 0.05) is 24.5 Å². The molecule has 0 saturated heterocycles. The lowest BCUT2D eigenvalue weighted by molar-refractivity contribution is 0.409. The van der Waals surface area contributed by atoms with Gasteiger partial charge in [0.1, 0.15) is 5.52 Å². The molecule has 0 aromatic carbocycles. The van der Waals surface area contributed by atoms with Crippen LogP contribution in [0.2, 0.25) is 0 Å². The third-order valence-corrected chi connectivity index (χ3v) is 5.52. The van der Waals surface area contributed by atoms with Gasteiger partial charge in [-0.2, -0.15) is 10.2 Å². The average molecular weight is 322 g/mol. The Morgan fingerprint density at radius 2 is 2.12 bits per heavy atom. The van der Waals surface area contributed by atoms with Crippen LogP contribution in [-0.2, 0) is 0 Å². The Kier molecular flexibility index (Phi) is 3.11. The molecule has 124 valence electrons. The Morgan fingerprint density at radius 3 is 2.88 bits per heavy atom. The van der Waals surface area contributed by atoms with Crippen LogP contribution in [0.5, 0.6) is 0 Å². The van der Waals surface area contributed by atoms with Crippen LogP contribution in [0.25, 0.3) is 5.52 Å². The molecule has 1 N–H and O–H groups in total. The summed E-state index contributed by atoms with van der Waals surface area (Å²) in [6.07, 6.45) is 14.2. The number of aromatic nitrogens is 5. The van der Waals surface area contributed by atoms with Crippen molar-refractivity contribution in [2.75, 3.05) is 5.32 Å². The molecule has 0 spiro atoms. The van der Waals surface area contributed by atoms with E-state index in [1.807, 2.05) is 16.9 Å². The van der Waals surface area contributed by atoms with E-state index in [1.54, 1.807) is 6.20 Å². The van der Waals surface area contributed by atoms with Crippen molar-refractivity contribution in [2.45, 2.75) is 51.0 Å². The van der Waals surface area contributed by atoms with Gasteiger partial charge in [-0.25, -0.2) is 9.50 Å². The number of hydrogen-bond acceptors (Lipinski definition) is 4. The maximum absolute atomic E-state index is 4.72. The molecule has 0 amide bonds. The third-order valence-electron chi connectivity index (χ3n) is 5.52. The van der Waals surface area contributed by atoms with Crippen molar-refractivity contribution >= 4 is 17.0 Å². The van der Waals surface area contributed by atoms with Gasteiger partial charge in [-0.3, -0.25) is 4.68 Å². The number of nitrogens with zero attached hydrogens (tertiary/aromatic N) is 5. The minimum atomic E-state index is 0.476. The second-order valence-corrected chi connectivity index (χ2v) is 7.21. The maximum Gasteiger partial charge on any atom is 0.156 e. The first kappa shape index (κ1) is 14.0. The summed E-state index contributed by atoms with van der Waals surface area (Å²) in [6.45, 7) is 2.25. The van der Waals surface area contributed by atoms with Crippen molar-refractivity contribution in [3.63, 3.8) is 0 Å². The lowest BCUT2D eigenvalue weighted by Gasteiger charge is -2.22. The molecule has 6 nitrogen and oxygen atoms in total.